The van der Waals surface area contributed by atoms with Gasteiger partial charge in [-0.25, -0.2) is 0 Å². The Morgan fingerprint density at radius 2 is 0.597 bits per heavy atom. The molecule has 0 aromatic rings. The second-order valence-corrected chi connectivity index (χ2v) is 18.9. The Bertz CT molecular complexity index is 1260. The van der Waals surface area contributed by atoms with Gasteiger partial charge >= 0.3 is 17.9 Å². The Balaban J connectivity index is 4.40. The molecule has 0 saturated carbocycles. The molecule has 6 nitrogen and oxygen atoms in total. The highest BCUT2D eigenvalue weighted by molar-refractivity contribution is 5.71. The predicted octanol–water partition coefficient (Wildman–Crippen LogP) is 19.0. The van der Waals surface area contributed by atoms with Crippen LogP contribution in [0.2, 0.25) is 0 Å². The molecule has 0 aliphatic heterocycles. The molecule has 0 radical (unpaired) electrons. The number of hydrogen-bond acceptors (Lipinski definition) is 6. The Morgan fingerprint density at radius 3 is 0.970 bits per heavy atom. The Morgan fingerprint density at radius 1 is 0.313 bits per heavy atom. The molecule has 1 unspecified atom stereocenters. The Kier molecular flexibility index (Phi) is 52.8. The quantitative estimate of drug-likeness (QED) is 0.0199. The number of carbonyl (C=O) groups excluding carboxylic acids is 3. The van der Waals surface area contributed by atoms with Gasteiger partial charge in [0.2, 0.25) is 0 Å². The second kappa shape index (κ2) is 55.4. The van der Waals surface area contributed by atoms with Crippen molar-refractivity contribution in [1.29, 1.82) is 0 Å². The molecule has 0 bridgehead atoms. The lowest BCUT2D eigenvalue weighted by molar-refractivity contribution is -0.167. The molecular formula is C61H106O6. The maximum absolute atomic E-state index is 12.8. The minimum Gasteiger partial charge on any atom is -0.462 e. The number of rotatable bonds is 51. The monoisotopic (exact) mass is 935 g/mol. The molecule has 0 heterocycles. The molecule has 0 rings (SSSR count). The van der Waals surface area contributed by atoms with E-state index in [0.29, 0.717) is 19.3 Å². The predicted molar refractivity (Wildman–Crippen MR) is 288 cm³/mol. The number of allylic oxidation sites excluding steroid dienone is 12. The van der Waals surface area contributed by atoms with Gasteiger partial charge < -0.3 is 14.2 Å². The van der Waals surface area contributed by atoms with E-state index in [2.05, 4.69) is 63.3 Å². The van der Waals surface area contributed by atoms with Crippen LogP contribution in [0, 0.1) is 0 Å². The summed E-state index contributed by atoms with van der Waals surface area (Å²) in [4.78, 5) is 38.1. The van der Waals surface area contributed by atoms with Crippen molar-refractivity contribution >= 4 is 17.9 Å². The molecule has 0 aromatic carbocycles. The fraction of sp³-hybridized carbons (Fsp3) is 0.754. The van der Waals surface area contributed by atoms with Gasteiger partial charge in [-0.3, -0.25) is 14.4 Å². The van der Waals surface area contributed by atoms with E-state index in [-0.39, 0.29) is 31.1 Å². The molecule has 0 aliphatic carbocycles. The summed E-state index contributed by atoms with van der Waals surface area (Å²) in [5.74, 6) is -0.933. The highest BCUT2D eigenvalue weighted by Crippen LogP contribution is 2.15. The van der Waals surface area contributed by atoms with E-state index in [4.69, 9.17) is 14.2 Å². The van der Waals surface area contributed by atoms with E-state index in [1.165, 1.54) is 167 Å². The molecule has 386 valence electrons. The first kappa shape index (κ1) is 63.8. The summed E-state index contributed by atoms with van der Waals surface area (Å²) in [5, 5.41) is 0. The van der Waals surface area contributed by atoms with Gasteiger partial charge in [0.05, 0.1) is 0 Å². The molecule has 0 saturated heterocycles. The van der Waals surface area contributed by atoms with Crippen molar-refractivity contribution in [3.63, 3.8) is 0 Å². The van der Waals surface area contributed by atoms with Crippen LogP contribution in [0.15, 0.2) is 72.9 Å². The number of ether oxygens (including phenoxy) is 3. The van der Waals surface area contributed by atoms with Gasteiger partial charge in [-0.2, -0.15) is 0 Å². The Labute approximate surface area is 414 Å². The van der Waals surface area contributed by atoms with Crippen molar-refractivity contribution in [2.45, 2.75) is 284 Å². The minimum absolute atomic E-state index is 0.0916. The zero-order valence-electron chi connectivity index (χ0n) is 44.2. The summed E-state index contributed by atoms with van der Waals surface area (Å²) in [6.45, 7) is 6.47. The average Bonchev–Trinajstić information content (AvgIpc) is 3.33. The maximum atomic E-state index is 12.8. The lowest BCUT2D eigenvalue weighted by Crippen LogP contribution is -2.30. The lowest BCUT2D eigenvalue weighted by atomic mass is 10.1. The third-order valence-electron chi connectivity index (χ3n) is 12.3. The lowest BCUT2D eigenvalue weighted by Gasteiger charge is -2.18. The van der Waals surface area contributed by atoms with Crippen LogP contribution < -0.4 is 0 Å². The van der Waals surface area contributed by atoms with E-state index in [1.807, 2.05) is 30.4 Å². The van der Waals surface area contributed by atoms with Crippen LogP contribution >= 0.6 is 0 Å². The number of hydrogen-bond donors (Lipinski definition) is 0. The van der Waals surface area contributed by atoms with Crippen LogP contribution in [-0.4, -0.2) is 37.2 Å². The molecular weight excluding hydrogens is 829 g/mol. The first-order valence-corrected chi connectivity index (χ1v) is 28.5. The van der Waals surface area contributed by atoms with Crippen molar-refractivity contribution in [3.05, 3.63) is 72.9 Å². The van der Waals surface area contributed by atoms with E-state index in [1.54, 1.807) is 0 Å². The average molecular weight is 936 g/mol. The summed E-state index contributed by atoms with van der Waals surface area (Å²) in [5.41, 5.74) is 0. The van der Waals surface area contributed by atoms with Gasteiger partial charge in [0, 0.05) is 19.3 Å². The largest absolute Gasteiger partial charge is 0.462 e. The van der Waals surface area contributed by atoms with E-state index in [0.717, 1.165) is 70.6 Å². The number of unbranched alkanes of at least 4 members (excludes halogenated alkanes) is 31. The first-order chi connectivity index (χ1) is 33.0. The fourth-order valence-electron chi connectivity index (χ4n) is 7.97. The van der Waals surface area contributed by atoms with Crippen molar-refractivity contribution < 1.29 is 28.6 Å². The highest BCUT2D eigenvalue weighted by atomic mass is 16.6. The van der Waals surface area contributed by atoms with Crippen molar-refractivity contribution in [2.24, 2.45) is 0 Å². The van der Waals surface area contributed by atoms with Gasteiger partial charge in [0.15, 0.2) is 6.10 Å². The smallest absolute Gasteiger partial charge is 0.306 e. The van der Waals surface area contributed by atoms with Gasteiger partial charge in [-0.15, -0.1) is 0 Å². The van der Waals surface area contributed by atoms with Crippen LogP contribution in [0.5, 0.6) is 0 Å². The zero-order valence-corrected chi connectivity index (χ0v) is 44.2. The minimum atomic E-state index is -0.795. The van der Waals surface area contributed by atoms with E-state index in [9.17, 15) is 14.4 Å². The molecule has 0 amide bonds. The first-order valence-electron chi connectivity index (χ1n) is 28.5. The highest BCUT2D eigenvalue weighted by Gasteiger charge is 2.19. The number of esters is 3. The molecule has 6 heteroatoms. The van der Waals surface area contributed by atoms with Crippen LogP contribution in [0.1, 0.15) is 278 Å². The van der Waals surface area contributed by atoms with Crippen molar-refractivity contribution in [3.8, 4) is 0 Å². The van der Waals surface area contributed by atoms with Gasteiger partial charge in [-0.05, 0) is 89.9 Å². The van der Waals surface area contributed by atoms with Crippen LogP contribution in [-0.2, 0) is 28.6 Å². The molecule has 0 aliphatic rings. The van der Waals surface area contributed by atoms with Crippen LogP contribution in [0.25, 0.3) is 0 Å². The molecule has 0 spiro atoms. The Hall–Kier alpha value is -3.15. The molecule has 1 atom stereocenters. The third kappa shape index (κ3) is 53.7. The van der Waals surface area contributed by atoms with Crippen molar-refractivity contribution in [2.75, 3.05) is 13.2 Å². The molecule has 0 fully saturated rings. The molecule has 0 aromatic heterocycles. The second-order valence-electron chi connectivity index (χ2n) is 18.9. The van der Waals surface area contributed by atoms with Gasteiger partial charge in [0.1, 0.15) is 13.2 Å². The van der Waals surface area contributed by atoms with Crippen LogP contribution in [0.4, 0.5) is 0 Å². The normalized spacial score (nSPS) is 12.6. The topological polar surface area (TPSA) is 78.9 Å². The molecule has 67 heavy (non-hydrogen) atoms. The SMILES string of the molecule is CC\C=C/C=C\C=C/C=C\CCCCCC(=O)OCC(COC(=O)CCCCCCCCC/C=C\CCCCCCCCCC)OC(=O)CCCCCCCCC/C=C\CCCCCCCC. The van der Waals surface area contributed by atoms with E-state index >= 15 is 0 Å². The molecule has 0 N–H and O–H groups in total. The van der Waals surface area contributed by atoms with Crippen molar-refractivity contribution in [1.82, 2.24) is 0 Å². The summed E-state index contributed by atoms with van der Waals surface area (Å²) in [6, 6.07) is 0. The number of carbonyl (C=O) groups is 3. The standard InChI is InChI=1S/C61H106O6/c1-4-7-10-13-16-19-22-25-27-29-30-32-33-36-39-42-45-48-51-54-60(63)66-57-58(56-65-59(62)53-50-47-44-41-38-35-24-21-18-15-12-9-6-3)67-61(64)55-52-49-46-43-40-37-34-31-28-26-23-20-17-14-11-8-5-2/h9,12,15,18,21,24,26,28-30,35,38,58H,4-8,10-11,13-14,16-17,19-20,22-23,25,27,31-34,36-37,39-57H2,1-3H3/b12-9-,18-15-,24-21-,28-26-,30-29-,38-35-. The van der Waals surface area contributed by atoms with Gasteiger partial charge in [0.25, 0.3) is 0 Å². The summed E-state index contributed by atoms with van der Waals surface area (Å²) in [7, 11) is 0. The summed E-state index contributed by atoms with van der Waals surface area (Å²) < 4.78 is 16.8. The maximum Gasteiger partial charge on any atom is 0.306 e. The van der Waals surface area contributed by atoms with Gasteiger partial charge in [-0.1, -0.05) is 241 Å². The van der Waals surface area contributed by atoms with Crippen LogP contribution in [0.3, 0.4) is 0 Å². The fourth-order valence-corrected chi connectivity index (χ4v) is 7.97. The van der Waals surface area contributed by atoms with E-state index < -0.39 is 6.10 Å². The summed E-state index contributed by atoms with van der Waals surface area (Å²) >= 11 is 0. The zero-order chi connectivity index (χ0) is 48.6. The summed E-state index contributed by atoms with van der Waals surface area (Å²) in [6.07, 6.45) is 70.4. The third-order valence-corrected chi connectivity index (χ3v) is 12.3.